The summed E-state index contributed by atoms with van der Waals surface area (Å²) < 4.78 is 12.9. The third-order valence-corrected chi connectivity index (χ3v) is 0.960. The molecular weight excluding hydrogens is 208 g/mol. The highest BCUT2D eigenvalue weighted by molar-refractivity contribution is 5.82. The van der Waals surface area contributed by atoms with Gasteiger partial charge in [0.1, 0.15) is 19.5 Å². The van der Waals surface area contributed by atoms with Gasteiger partial charge in [0.15, 0.2) is 0 Å². The molecule has 0 radical (unpaired) electrons. The van der Waals surface area contributed by atoms with Crippen LogP contribution in [0.1, 0.15) is 0 Å². The van der Waals surface area contributed by atoms with Gasteiger partial charge >= 0.3 is 18.2 Å². The molecule has 8 heteroatoms. The Balaban J connectivity index is 3.53. The molecule has 0 aromatic heterocycles. The molecule has 0 aliphatic rings. The third-order valence-electron chi connectivity index (χ3n) is 0.960. The second-order valence-electron chi connectivity index (χ2n) is 2.07. The molecule has 0 aromatic carbocycles. The van der Waals surface area contributed by atoms with Gasteiger partial charge in [0.2, 0.25) is 0 Å². The molecule has 84 valence electrons. The van der Waals surface area contributed by atoms with Crippen LogP contribution in [0.2, 0.25) is 0 Å². The van der Waals surface area contributed by atoms with E-state index in [1.165, 1.54) is 0 Å². The lowest BCUT2D eigenvalue weighted by atomic mass is 10.6. The summed E-state index contributed by atoms with van der Waals surface area (Å²) in [6, 6.07) is 0. The molecule has 0 spiro atoms. The number of esters is 1. The minimum absolute atomic E-state index is 0.147. The maximum atomic E-state index is 10.8. The predicted molar refractivity (Wildman–Crippen MR) is 46.3 cm³/mol. The number of carbonyl (C=O) groups is 3. The first-order chi connectivity index (χ1) is 7.02. The van der Waals surface area contributed by atoms with Crippen molar-refractivity contribution in [3.63, 3.8) is 0 Å². The second-order valence-corrected chi connectivity index (χ2v) is 2.07. The van der Waals surface area contributed by atoms with Gasteiger partial charge in [-0.3, -0.25) is 0 Å². The molecule has 0 heterocycles. The zero-order valence-corrected chi connectivity index (χ0v) is 7.67. The number of hydrogen-bond donors (Lipinski definition) is 2. The molecule has 2 amide bonds. The molecule has 15 heavy (non-hydrogen) atoms. The summed E-state index contributed by atoms with van der Waals surface area (Å²) in [4.78, 5) is 30.9. The van der Waals surface area contributed by atoms with Crippen molar-refractivity contribution in [1.82, 2.24) is 0 Å². The molecule has 0 aliphatic heterocycles. The number of hydrogen-bond acceptors (Lipinski definition) is 6. The van der Waals surface area contributed by atoms with Crippen molar-refractivity contribution < 1.29 is 28.6 Å². The summed E-state index contributed by atoms with van der Waals surface area (Å²) in [6.07, 6.45) is -0.385. The lowest BCUT2D eigenvalue weighted by molar-refractivity contribution is -0.138. The molecule has 0 aromatic rings. The largest absolute Gasteiger partial charge is 0.459 e. The monoisotopic (exact) mass is 218 g/mol. The third kappa shape index (κ3) is 9.67. The summed E-state index contributed by atoms with van der Waals surface area (Å²) in [5.74, 6) is -0.774. The van der Waals surface area contributed by atoms with Gasteiger partial charge in [0.25, 0.3) is 0 Å². The number of nitrogens with two attached hydrogens (primary N) is 2. The summed E-state index contributed by atoms with van der Waals surface area (Å²) >= 11 is 0. The van der Waals surface area contributed by atoms with E-state index in [9.17, 15) is 14.4 Å². The topological polar surface area (TPSA) is 131 Å². The van der Waals surface area contributed by atoms with Crippen molar-refractivity contribution in [3.05, 3.63) is 12.3 Å². The van der Waals surface area contributed by atoms with Gasteiger partial charge in [-0.25, -0.2) is 14.4 Å². The molecule has 0 aliphatic carbocycles. The highest BCUT2D eigenvalue weighted by Gasteiger charge is 1.98. The molecular formula is C7H10N2O6. The van der Waals surface area contributed by atoms with Gasteiger partial charge < -0.3 is 25.7 Å². The lowest BCUT2D eigenvalue weighted by Crippen LogP contribution is -2.17. The normalized spacial score (nSPS) is 9.60. The first-order valence-electron chi connectivity index (χ1n) is 3.74. The van der Waals surface area contributed by atoms with E-state index in [1.54, 1.807) is 0 Å². The van der Waals surface area contributed by atoms with Crippen LogP contribution in [-0.2, 0) is 19.0 Å². The van der Waals surface area contributed by atoms with Crippen LogP contribution in [0.25, 0.3) is 0 Å². The van der Waals surface area contributed by atoms with E-state index in [-0.39, 0.29) is 13.2 Å². The predicted octanol–water partition coefficient (Wildman–Crippen LogP) is -0.766. The Morgan fingerprint density at radius 1 is 1.00 bits per heavy atom. The summed E-state index contributed by atoms with van der Waals surface area (Å²) in [5, 5.41) is 0. The van der Waals surface area contributed by atoms with Crippen molar-refractivity contribution in [1.29, 1.82) is 0 Å². The first kappa shape index (κ1) is 12.8. The standard InChI is InChI=1S/C7H10N2O6/c8-6(11)14-2-1-5(10)13-3-4-15-7(9)12/h1-2H,3-4H2,(H2,8,11)(H2,9,12). The average molecular weight is 218 g/mol. The number of ether oxygens (including phenoxy) is 3. The number of carbonyl (C=O) groups excluding carboxylic acids is 3. The Morgan fingerprint density at radius 3 is 2.13 bits per heavy atom. The van der Waals surface area contributed by atoms with Crippen LogP contribution < -0.4 is 11.5 Å². The van der Waals surface area contributed by atoms with Gasteiger partial charge in [0, 0.05) is 0 Å². The summed E-state index contributed by atoms with van der Waals surface area (Å²) in [5.41, 5.74) is 9.23. The van der Waals surface area contributed by atoms with E-state index in [0.717, 1.165) is 12.3 Å². The number of primary amides is 2. The smallest absolute Gasteiger partial charge is 0.409 e. The Bertz CT molecular complexity index is 275. The molecule has 0 bridgehead atoms. The lowest BCUT2D eigenvalue weighted by Gasteiger charge is -2.01. The molecule has 4 N–H and O–H groups in total. The van der Waals surface area contributed by atoms with E-state index < -0.39 is 18.2 Å². The van der Waals surface area contributed by atoms with E-state index in [1.807, 2.05) is 0 Å². The van der Waals surface area contributed by atoms with E-state index in [2.05, 4.69) is 25.7 Å². The van der Waals surface area contributed by atoms with Crippen molar-refractivity contribution in [3.8, 4) is 0 Å². The second kappa shape index (κ2) is 7.18. The Morgan fingerprint density at radius 2 is 1.60 bits per heavy atom. The van der Waals surface area contributed by atoms with Gasteiger partial charge in [-0.15, -0.1) is 0 Å². The van der Waals surface area contributed by atoms with Crippen LogP contribution in [0.5, 0.6) is 0 Å². The van der Waals surface area contributed by atoms with Gasteiger partial charge in [-0.1, -0.05) is 0 Å². The van der Waals surface area contributed by atoms with Crippen LogP contribution in [0.4, 0.5) is 9.59 Å². The van der Waals surface area contributed by atoms with Crippen LogP contribution in [0, 0.1) is 0 Å². The highest BCUT2D eigenvalue weighted by atomic mass is 16.6. The average Bonchev–Trinajstić information content (AvgIpc) is 2.11. The van der Waals surface area contributed by atoms with Crippen molar-refractivity contribution >= 4 is 18.2 Å². The maximum absolute atomic E-state index is 10.8. The van der Waals surface area contributed by atoms with Gasteiger partial charge in [-0.05, 0) is 0 Å². The van der Waals surface area contributed by atoms with Crippen LogP contribution in [0.15, 0.2) is 12.3 Å². The van der Waals surface area contributed by atoms with Gasteiger partial charge in [-0.2, -0.15) is 0 Å². The maximum Gasteiger partial charge on any atom is 0.409 e. The molecule has 0 rings (SSSR count). The fraction of sp³-hybridized carbons (Fsp3) is 0.286. The van der Waals surface area contributed by atoms with E-state index >= 15 is 0 Å². The first-order valence-corrected chi connectivity index (χ1v) is 3.74. The number of rotatable bonds is 5. The molecule has 0 saturated heterocycles. The summed E-state index contributed by atoms with van der Waals surface area (Å²) in [6.45, 7) is -0.297. The van der Waals surface area contributed by atoms with Crippen LogP contribution in [-0.4, -0.2) is 31.4 Å². The molecule has 0 saturated carbocycles. The molecule has 0 atom stereocenters. The molecule has 0 unspecified atom stereocenters. The van der Waals surface area contributed by atoms with Gasteiger partial charge in [0.05, 0.1) is 6.08 Å². The quantitative estimate of drug-likeness (QED) is 0.205. The van der Waals surface area contributed by atoms with E-state index in [4.69, 9.17) is 0 Å². The minimum Gasteiger partial charge on any atom is -0.459 e. The van der Waals surface area contributed by atoms with Crippen molar-refractivity contribution in [2.24, 2.45) is 11.5 Å². The van der Waals surface area contributed by atoms with Crippen molar-refractivity contribution in [2.75, 3.05) is 13.2 Å². The highest BCUT2D eigenvalue weighted by Crippen LogP contribution is 1.84. The molecule has 0 fully saturated rings. The number of amides is 2. The van der Waals surface area contributed by atoms with E-state index in [0.29, 0.717) is 0 Å². The summed E-state index contributed by atoms with van der Waals surface area (Å²) in [7, 11) is 0. The Labute approximate surface area is 84.7 Å². The van der Waals surface area contributed by atoms with Crippen molar-refractivity contribution in [2.45, 2.75) is 0 Å². The fourth-order valence-corrected chi connectivity index (χ4v) is 0.489. The SMILES string of the molecule is NC(=O)OC=CC(=O)OCCOC(N)=O. The Hall–Kier alpha value is -2.25. The zero-order valence-electron chi connectivity index (χ0n) is 7.67. The zero-order chi connectivity index (χ0) is 11.7. The van der Waals surface area contributed by atoms with Crippen LogP contribution >= 0.6 is 0 Å². The van der Waals surface area contributed by atoms with Crippen LogP contribution in [0.3, 0.4) is 0 Å². The Kier molecular flexibility index (Phi) is 6.10. The fourth-order valence-electron chi connectivity index (χ4n) is 0.489. The molecule has 8 nitrogen and oxygen atoms in total. The minimum atomic E-state index is -1.05.